The van der Waals surface area contributed by atoms with E-state index in [1.807, 2.05) is 25.1 Å². The van der Waals surface area contributed by atoms with Crippen LogP contribution in [0.1, 0.15) is 36.2 Å². The van der Waals surface area contributed by atoms with Gasteiger partial charge in [-0.3, -0.25) is 4.79 Å². The van der Waals surface area contributed by atoms with Gasteiger partial charge in [0.15, 0.2) is 21.4 Å². The number of para-hydroxylation sites is 1. The third-order valence-electron chi connectivity index (χ3n) is 7.65. The van der Waals surface area contributed by atoms with Crippen LogP contribution in [0.3, 0.4) is 0 Å². The number of sulfone groups is 1. The summed E-state index contributed by atoms with van der Waals surface area (Å²) in [4.78, 5) is 15.0. The zero-order chi connectivity index (χ0) is 31.2. The molecule has 0 saturated carbocycles. The first-order valence-electron chi connectivity index (χ1n) is 13.9. The summed E-state index contributed by atoms with van der Waals surface area (Å²) >= 11 is 0. The third kappa shape index (κ3) is 5.41. The lowest BCUT2D eigenvalue weighted by atomic mass is 9.81. The van der Waals surface area contributed by atoms with Crippen LogP contribution in [0.5, 0.6) is 17.2 Å². The van der Waals surface area contributed by atoms with Crippen LogP contribution in [0.2, 0.25) is 0 Å². The van der Waals surface area contributed by atoms with Gasteiger partial charge in [0.25, 0.3) is 0 Å². The largest absolute Gasteiger partial charge is 0.492 e. The van der Waals surface area contributed by atoms with E-state index in [1.165, 1.54) is 28.9 Å². The predicted octanol–water partition coefficient (Wildman–Crippen LogP) is 5.77. The fourth-order valence-electron chi connectivity index (χ4n) is 5.54. The van der Waals surface area contributed by atoms with E-state index in [9.17, 15) is 13.2 Å². The van der Waals surface area contributed by atoms with E-state index in [-0.39, 0.29) is 48.4 Å². The number of halogens is 2. The van der Waals surface area contributed by atoms with Crippen molar-refractivity contribution in [2.24, 2.45) is 0 Å². The van der Waals surface area contributed by atoms with Crippen LogP contribution in [-0.4, -0.2) is 48.6 Å². The Morgan fingerprint density at radius 1 is 1.14 bits per heavy atom. The van der Waals surface area contributed by atoms with Gasteiger partial charge in [0.2, 0.25) is 0 Å². The Kier molecular flexibility index (Phi) is 7.40. The summed E-state index contributed by atoms with van der Waals surface area (Å²) in [5.41, 5.74) is 2.10. The lowest BCUT2D eigenvalue weighted by Gasteiger charge is -2.20. The molecule has 0 radical (unpaired) electrons. The topological polar surface area (TPSA) is 113 Å². The van der Waals surface area contributed by atoms with E-state index in [4.69, 9.17) is 14.2 Å². The number of fused-ring (bicyclic) bond motifs is 2. The molecule has 6 rings (SSSR count). The van der Waals surface area contributed by atoms with Crippen molar-refractivity contribution in [1.29, 1.82) is 0 Å². The smallest absolute Gasteiger partial charge is 0.310 e. The monoisotopic (exact) mass is 621 g/mol. The molecule has 0 bridgehead atoms. The van der Waals surface area contributed by atoms with Crippen molar-refractivity contribution in [2.45, 2.75) is 31.4 Å². The fraction of sp³-hybridized carbons (Fsp3) is 0.250. The molecular weight excluding hydrogens is 592 g/mol. The molecule has 3 heterocycles. The number of benzene rings is 3. The van der Waals surface area contributed by atoms with Crippen LogP contribution in [0.15, 0.2) is 67.0 Å². The van der Waals surface area contributed by atoms with E-state index in [2.05, 4.69) is 10.1 Å². The predicted molar refractivity (Wildman–Crippen MR) is 159 cm³/mol. The van der Waals surface area contributed by atoms with E-state index < -0.39 is 32.6 Å². The van der Waals surface area contributed by atoms with Crippen molar-refractivity contribution in [2.75, 3.05) is 19.5 Å². The summed E-state index contributed by atoms with van der Waals surface area (Å²) in [6.07, 6.45) is 4.31. The summed E-state index contributed by atoms with van der Waals surface area (Å²) in [6.45, 7) is 4.25. The quantitative estimate of drug-likeness (QED) is 0.208. The number of esters is 1. The average Bonchev–Trinajstić information content (AvgIpc) is 3.71. The highest BCUT2D eigenvalue weighted by molar-refractivity contribution is 7.89. The van der Waals surface area contributed by atoms with Crippen molar-refractivity contribution in [1.82, 2.24) is 14.8 Å². The van der Waals surface area contributed by atoms with Crippen molar-refractivity contribution >= 4 is 26.7 Å². The molecular formula is C32H29F2N3O6S. The zero-order valence-electron chi connectivity index (χ0n) is 24.2. The highest BCUT2D eigenvalue weighted by Gasteiger charge is 2.41. The Bertz CT molecular complexity index is 2020. The maximum Gasteiger partial charge on any atom is 0.310 e. The third-order valence-corrected chi connectivity index (χ3v) is 8.46. The molecule has 3 aromatic carbocycles. The minimum absolute atomic E-state index is 0.0420. The minimum Gasteiger partial charge on any atom is -0.492 e. The number of hydrogen-bond donors (Lipinski definition) is 1. The summed E-state index contributed by atoms with van der Waals surface area (Å²) in [7, 11) is -3.55. The Hall–Kier alpha value is -4.71. The second-order valence-electron chi connectivity index (χ2n) is 10.9. The molecule has 228 valence electrons. The zero-order valence-corrected chi connectivity index (χ0v) is 25.0. The van der Waals surface area contributed by atoms with Crippen molar-refractivity contribution in [3.05, 3.63) is 101 Å². The molecule has 2 aromatic heterocycles. The maximum atomic E-state index is 15.2. The van der Waals surface area contributed by atoms with Crippen molar-refractivity contribution in [3.8, 4) is 22.9 Å². The van der Waals surface area contributed by atoms with Gasteiger partial charge in [0.1, 0.15) is 29.6 Å². The van der Waals surface area contributed by atoms with E-state index in [0.717, 1.165) is 11.8 Å². The molecule has 44 heavy (non-hydrogen) atoms. The second kappa shape index (κ2) is 11.1. The van der Waals surface area contributed by atoms with Crippen LogP contribution >= 0.6 is 0 Å². The Morgan fingerprint density at radius 2 is 1.95 bits per heavy atom. The molecule has 1 atom stereocenters. The number of nitrogens with zero attached hydrogens (tertiary/aromatic N) is 2. The van der Waals surface area contributed by atoms with Crippen LogP contribution in [0.25, 0.3) is 16.6 Å². The van der Waals surface area contributed by atoms with Gasteiger partial charge in [-0.2, -0.15) is 5.10 Å². The van der Waals surface area contributed by atoms with E-state index >= 15 is 8.78 Å². The van der Waals surface area contributed by atoms with Gasteiger partial charge in [-0.15, -0.1) is 0 Å². The van der Waals surface area contributed by atoms with Crippen LogP contribution in [0.4, 0.5) is 8.78 Å². The number of carbonyl (C=O) groups excluding carboxylic acids is 1. The highest BCUT2D eigenvalue weighted by atomic mass is 32.2. The average molecular weight is 622 g/mol. The van der Waals surface area contributed by atoms with Crippen LogP contribution in [-0.2, 0) is 37.0 Å². The summed E-state index contributed by atoms with van der Waals surface area (Å²) in [6, 6.07) is 14.1. The van der Waals surface area contributed by atoms with E-state index in [1.54, 1.807) is 31.5 Å². The lowest BCUT2D eigenvalue weighted by Crippen LogP contribution is -2.26. The first kappa shape index (κ1) is 29.4. The molecule has 0 fully saturated rings. The number of ether oxygens (including phenoxy) is 3. The van der Waals surface area contributed by atoms with Crippen molar-refractivity contribution < 1.29 is 36.2 Å². The number of aromatic nitrogens is 3. The Morgan fingerprint density at radius 3 is 2.73 bits per heavy atom. The number of aromatic amines is 1. The molecule has 0 saturated heterocycles. The summed E-state index contributed by atoms with van der Waals surface area (Å²) in [5, 5.41) is 5.18. The molecule has 0 aliphatic carbocycles. The number of nitrogens with one attached hydrogen (secondary N) is 1. The number of rotatable bonds is 9. The molecule has 0 spiro atoms. The van der Waals surface area contributed by atoms with E-state index in [0.29, 0.717) is 27.9 Å². The van der Waals surface area contributed by atoms with Crippen molar-refractivity contribution in [3.63, 3.8) is 0 Å². The fourth-order valence-corrected chi connectivity index (χ4v) is 6.35. The number of carbonyl (C=O) groups is 1. The Balaban J connectivity index is 1.33. The molecule has 9 nitrogen and oxygen atoms in total. The van der Waals surface area contributed by atoms with Gasteiger partial charge in [-0.25, -0.2) is 21.9 Å². The minimum atomic E-state index is -3.55. The summed E-state index contributed by atoms with van der Waals surface area (Å²) in [5.74, 6) is -1.73. The van der Waals surface area contributed by atoms with Gasteiger partial charge in [-0.05, 0) is 38.1 Å². The SMILES string of the molecule is CCOC(=O)Cc1cccc2c1OCC2(C)c1ccn(-c2cc(Oc3c(F)cc4[nH]ccc4c3CS(C)(=O)=O)ccc2F)n1. The number of H-pyrrole nitrogens is 1. The van der Waals surface area contributed by atoms with Gasteiger partial charge in [-0.1, -0.05) is 18.2 Å². The Labute approximate surface area is 252 Å². The molecule has 5 aromatic rings. The molecule has 0 amide bonds. The van der Waals surface area contributed by atoms with Gasteiger partial charge in [0, 0.05) is 58.4 Å². The maximum absolute atomic E-state index is 15.2. The van der Waals surface area contributed by atoms with Crippen LogP contribution < -0.4 is 9.47 Å². The first-order valence-corrected chi connectivity index (χ1v) is 15.9. The molecule has 12 heteroatoms. The highest BCUT2D eigenvalue weighted by Crippen LogP contribution is 2.45. The molecule has 1 N–H and O–H groups in total. The first-order chi connectivity index (χ1) is 21.0. The van der Waals surface area contributed by atoms with Gasteiger partial charge in [0.05, 0.1) is 29.9 Å². The standard InChI is InChI=1S/C32H29F2N3O6S/c1-4-41-29(38)14-19-6-5-7-23-30(19)42-18-32(23,2)28-11-13-37(36-28)27-15-20(8-9-24(27)33)43-31-22(17-44(3,39)40)21-10-12-35-26(21)16-25(31)34/h5-13,15-16,35H,4,14,17-18H2,1-3H3. The summed E-state index contributed by atoms with van der Waals surface area (Å²) < 4.78 is 73.2. The van der Waals surface area contributed by atoms with Gasteiger partial charge >= 0.3 is 5.97 Å². The number of hydrogen-bond acceptors (Lipinski definition) is 7. The molecule has 1 aliphatic heterocycles. The molecule has 1 aliphatic rings. The van der Waals surface area contributed by atoms with Crippen LogP contribution in [0, 0.1) is 11.6 Å². The normalized spacial score (nSPS) is 16.1. The second-order valence-corrected chi connectivity index (χ2v) is 13.1. The van der Waals surface area contributed by atoms with Gasteiger partial charge < -0.3 is 19.2 Å². The molecule has 1 unspecified atom stereocenters. The lowest BCUT2D eigenvalue weighted by molar-refractivity contribution is -0.142.